The quantitative estimate of drug-likeness (QED) is 0.455. The summed E-state index contributed by atoms with van der Waals surface area (Å²) < 4.78 is 0.940. The van der Waals surface area contributed by atoms with Gasteiger partial charge in [0.25, 0.3) is 5.91 Å². The Bertz CT molecular complexity index is 1200. The van der Waals surface area contributed by atoms with E-state index < -0.39 is 23.5 Å². The highest BCUT2D eigenvalue weighted by molar-refractivity contribution is 6.39. The summed E-state index contributed by atoms with van der Waals surface area (Å²) in [5.41, 5.74) is 1.18. The number of fused-ring (bicyclic) bond motifs is 1. The van der Waals surface area contributed by atoms with Crippen molar-refractivity contribution in [3.63, 3.8) is 0 Å². The van der Waals surface area contributed by atoms with Crippen molar-refractivity contribution in [1.29, 1.82) is 0 Å². The second-order valence-corrected chi connectivity index (χ2v) is 8.25. The van der Waals surface area contributed by atoms with Crippen molar-refractivity contribution in [2.24, 2.45) is 0 Å². The van der Waals surface area contributed by atoms with Gasteiger partial charge in [0.05, 0.1) is 5.02 Å². The van der Waals surface area contributed by atoms with E-state index in [9.17, 15) is 14.4 Å². The standard InChI is InChI=1S/C21H21ClN6O4/c1-12-10-27(13(2)9-26(12)11-14-6-4-3-5-7-14)20(30)17-15(22)8-16-23-24-19(28(16)25-17)18(29)21(31)32/h3-8,12-13H,9-11H2,1-2H3,(H,31,32)/t12-,13+/m0/s1. The summed E-state index contributed by atoms with van der Waals surface area (Å²) in [5.74, 6) is -3.87. The highest BCUT2D eigenvalue weighted by Gasteiger charge is 2.34. The summed E-state index contributed by atoms with van der Waals surface area (Å²) >= 11 is 6.29. The van der Waals surface area contributed by atoms with E-state index in [0.717, 1.165) is 11.1 Å². The van der Waals surface area contributed by atoms with Crippen LogP contribution in [0.3, 0.4) is 0 Å². The molecule has 0 bridgehead atoms. The lowest BCUT2D eigenvalue weighted by atomic mass is 10.1. The van der Waals surface area contributed by atoms with Crippen molar-refractivity contribution in [3.05, 3.63) is 58.5 Å². The molecule has 1 aliphatic heterocycles. The molecular weight excluding hydrogens is 436 g/mol. The zero-order valence-corrected chi connectivity index (χ0v) is 18.2. The lowest BCUT2D eigenvalue weighted by Gasteiger charge is -2.44. The minimum Gasteiger partial charge on any atom is -0.475 e. The highest BCUT2D eigenvalue weighted by Crippen LogP contribution is 2.23. The molecule has 10 nitrogen and oxygen atoms in total. The number of rotatable bonds is 5. The second kappa shape index (κ2) is 8.64. The van der Waals surface area contributed by atoms with Crippen molar-refractivity contribution in [1.82, 2.24) is 29.6 Å². The number of nitrogens with zero attached hydrogens (tertiary/aromatic N) is 6. The van der Waals surface area contributed by atoms with Crippen molar-refractivity contribution in [2.75, 3.05) is 13.1 Å². The van der Waals surface area contributed by atoms with Crippen LogP contribution in [-0.2, 0) is 11.3 Å². The minimum atomic E-state index is -1.69. The smallest absolute Gasteiger partial charge is 0.380 e. The third-order valence-corrected chi connectivity index (χ3v) is 5.84. The SMILES string of the molecule is C[C@@H]1CN(Cc2ccccc2)[C@@H](C)CN1C(=O)c1nn2c(C(=O)C(=O)O)nnc2cc1Cl. The van der Waals surface area contributed by atoms with Crippen LogP contribution in [0.15, 0.2) is 36.4 Å². The molecule has 1 amide bonds. The van der Waals surface area contributed by atoms with Crippen molar-refractivity contribution < 1.29 is 19.5 Å². The fourth-order valence-corrected chi connectivity index (χ4v) is 4.06. The number of amides is 1. The van der Waals surface area contributed by atoms with E-state index >= 15 is 0 Å². The van der Waals surface area contributed by atoms with Gasteiger partial charge in [0.1, 0.15) is 0 Å². The van der Waals surface area contributed by atoms with Crippen LogP contribution in [0.2, 0.25) is 5.02 Å². The van der Waals surface area contributed by atoms with Gasteiger partial charge in [-0.1, -0.05) is 41.9 Å². The molecule has 0 saturated carbocycles. The van der Waals surface area contributed by atoms with Crippen LogP contribution in [0.1, 0.15) is 40.5 Å². The van der Waals surface area contributed by atoms with Gasteiger partial charge in [0.15, 0.2) is 11.3 Å². The summed E-state index contributed by atoms with van der Waals surface area (Å²) in [6, 6.07) is 11.4. The van der Waals surface area contributed by atoms with Crippen molar-refractivity contribution in [3.8, 4) is 0 Å². The number of carbonyl (C=O) groups is 3. The summed E-state index contributed by atoms with van der Waals surface area (Å²) in [4.78, 5) is 40.3. The van der Waals surface area contributed by atoms with E-state index in [1.54, 1.807) is 4.90 Å². The molecule has 0 radical (unpaired) electrons. The van der Waals surface area contributed by atoms with Gasteiger partial charge >= 0.3 is 11.8 Å². The summed E-state index contributed by atoms with van der Waals surface area (Å²) in [7, 11) is 0. The first-order chi connectivity index (χ1) is 15.3. The van der Waals surface area contributed by atoms with Gasteiger partial charge < -0.3 is 10.0 Å². The molecule has 3 aromatic rings. The molecule has 2 atom stereocenters. The maximum absolute atomic E-state index is 13.3. The van der Waals surface area contributed by atoms with Gasteiger partial charge in [0, 0.05) is 37.8 Å². The number of ketones is 1. The number of aliphatic carboxylic acids is 1. The Morgan fingerprint density at radius 2 is 1.81 bits per heavy atom. The lowest BCUT2D eigenvalue weighted by Crippen LogP contribution is -2.57. The molecule has 1 aliphatic rings. The van der Waals surface area contributed by atoms with E-state index in [2.05, 4.69) is 39.3 Å². The molecule has 32 heavy (non-hydrogen) atoms. The molecular formula is C21H21ClN6O4. The Morgan fingerprint density at radius 3 is 2.50 bits per heavy atom. The molecule has 0 aliphatic carbocycles. The van der Waals surface area contributed by atoms with Crippen molar-refractivity contribution >= 4 is 34.9 Å². The Hall–Kier alpha value is -3.37. The number of hydrogen-bond acceptors (Lipinski definition) is 7. The molecule has 1 saturated heterocycles. The van der Waals surface area contributed by atoms with Crippen LogP contribution in [0.25, 0.3) is 5.65 Å². The van der Waals surface area contributed by atoms with Gasteiger partial charge in [-0.25, -0.2) is 4.79 Å². The van der Waals surface area contributed by atoms with E-state index in [1.807, 2.05) is 25.1 Å². The first-order valence-corrected chi connectivity index (χ1v) is 10.4. The van der Waals surface area contributed by atoms with Gasteiger partial charge in [-0.2, -0.15) is 9.61 Å². The number of benzene rings is 1. The van der Waals surface area contributed by atoms with Gasteiger partial charge in [-0.05, 0) is 19.4 Å². The third kappa shape index (κ3) is 4.06. The molecule has 4 rings (SSSR count). The van der Waals surface area contributed by atoms with Crippen LogP contribution in [0.4, 0.5) is 0 Å². The number of Topliss-reactive ketones (excluding diaryl/α,β-unsaturated/α-hetero) is 1. The van der Waals surface area contributed by atoms with Gasteiger partial charge in [-0.3, -0.25) is 14.5 Å². The van der Waals surface area contributed by atoms with E-state index in [1.165, 1.54) is 11.6 Å². The summed E-state index contributed by atoms with van der Waals surface area (Å²) in [6.07, 6.45) is 0. The monoisotopic (exact) mass is 456 g/mol. The predicted molar refractivity (Wildman–Crippen MR) is 115 cm³/mol. The number of hydrogen-bond donors (Lipinski definition) is 1. The summed E-state index contributed by atoms with van der Waals surface area (Å²) in [5, 5.41) is 20.5. The van der Waals surface area contributed by atoms with Crippen LogP contribution in [0.5, 0.6) is 0 Å². The highest BCUT2D eigenvalue weighted by atomic mass is 35.5. The molecule has 0 unspecified atom stereocenters. The molecule has 1 N–H and O–H groups in total. The topological polar surface area (TPSA) is 121 Å². The number of carbonyl (C=O) groups excluding carboxylic acids is 2. The molecule has 3 heterocycles. The average Bonchev–Trinajstić information content (AvgIpc) is 3.17. The average molecular weight is 457 g/mol. The lowest BCUT2D eigenvalue weighted by molar-refractivity contribution is -0.131. The molecule has 1 aromatic carbocycles. The normalized spacial score (nSPS) is 19.3. The number of carboxylic acid groups (broad SMARTS) is 1. The van der Waals surface area contributed by atoms with Crippen LogP contribution in [0, 0.1) is 0 Å². The predicted octanol–water partition coefficient (Wildman–Crippen LogP) is 1.78. The zero-order valence-electron chi connectivity index (χ0n) is 17.5. The first kappa shape index (κ1) is 21.8. The Labute approximate surface area is 188 Å². The minimum absolute atomic E-state index is 0.0517. The number of piperazine rings is 1. The molecule has 166 valence electrons. The Morgan fingerprint density at radius 1 is 1.09 bits per heavy atom. The zero-order chi connectivity index (χ0) is 23.0. The van der Waals surface area contributed by atoms with Crippen LogP contribution in [-0.4, -0.2) is 77.6 Å². The maximum Gasteiger partial charge on any atom is 0.380 e. The molecule has 11 heteroatoms. The second-order valence-electron chi connectivity index (χ2n) is 7.84. The first-order valence-electron chi connectivity index (χ1n) is 10.0. The summed E-state index contributed by atoms with van der Waals surface area (Å²) in [6.45, 7) is 5.91. The fourth-order valence-electron chi connectivity index (χ4n) is 3.85. The third-order valence-electron chi connectivity index (χ3n) is 5.55. The molecule has 0 spiro atoms. The van der Waals surface area contributed by atoms with E-state index in [4.69, 9.17) is 16.7 Å². The Kier molecular flexibility index (Phi) is 5.90. The number of aromatic nitrogens is 4. The van der Waals surface area contributed by atoms with Crippen molar-refractivity contribution in [2.45, 2.75) is 32.5 Å². The number of carboxylic acids is 1. The fraction of sp³-hybridized carbons (Fsp3) is 0.333. The molecule has 2 aromatic heterocycles. The largest absolute Gasteiger partial charge is 0.475 e. The Balaban J connectivity index is 1.59. The maximum atomic E-state index is 13.3. The molecule has 1 fully saturated rings. The van der Waals surface area contributed by atoms with Gasteiger partial charge in [-0.15, -0.1) is 10.2 Å². The van der Waals surface area contributed by atoms with E-state index in [-0.39, 0.29) is 28.4 Å². The van der Waals surface area contributed by atoms with Crippen LogP contribution < -0.4 is 0 Å². The van der Waals surface area contributed by atoms with Crippen LogP contribution >= 0.6 is 11.6 Å². The number of halogens is 1. The van der Waals surface area contributed by atoms with Gasteiger partial charge in [0.2, 0.25) is 5.82 Å². The van der Waals surface area contributed by atoms with E-state index in [0.29, 0.717) is 13.1 Å².